The Balaban J connectivity index is 1.61. The molecule has 1 saturated heterocycles. The van der Waals surface area contributed by atoms with E-state index >= 15 is 0 Å². The van der Waals surface area contributed by atoms with Crippen LogP contribution in [-0.4, -0.2) is 237 Å². The molecule has 0 bridgehead atoms. The molecule has 0 radical (unpaired) electrons. The molecule has 1 aromatic heterocycles. The van der Waals surface area contributed by atoms with Crippen molar-refractivity contribution in [1.82, 2.24) is 74.1 Å². The van der Waals surface area contributed by atoms with Crippen molar-refractivity contribution in [3.63, 3.8) is 0 Å². The maximum absolute atomic E-state index is 14.9. The Hall–Kier alpha value is -10.3. The first-order valence-corrected chi connectivity index (χ1v) is 37.8. The van der Waals surface area contributed by atoms with Crippen molar-refractivity contribution in [2.24, 2.45) is 28.7 Å². The van der Waals surface area contributed by atoms with Crippen molar-refractivity contribution in [3.05, 3.63) is 108 Å². The summed E-state index contributed by atoms with van der Waals surface area (Å²) in [6.45, 7) is 3.26. The quantitative estimate of drug-likeness (QED) is 0.0229. The summed E-state index contributed by atoms with van der Waals surface area (Å²) in [5.41, 5.74) is 30.7. The second kappa shape index (κ2) is 45.5. The molecule has 3 aromatic carbocycles. The molecular formula is C70H101N19O18S2. The highest BCUT2D eigenvalue weighted by Gasteiger charge is 2.39. The Bertz CT molecular complexity index is 3780. The standard InChI is InChI=1S/C70H101N19O18S2/c1-36(73)59(96)77-32-55(94)79-53-35-109-108-34-52(58(75)95)87-67(104)51(33-90)86-70(107)57(39(4)92)89-66(103)48(28-41-19-9-6-10-20-41)85-69(106)56(38(3)91)88-62(99)46(24-14-16-26-72)80-64(101)49(29-42-31-76-44-22-12-11-21-43(42)44)82-60(97)37(2)78-63(100)47(27-40-17-7-5-8-18-40)83-65(102)50(30-54(74)93)84-61(98)45(81-68(53)105)23-13-15-25-71/h5-12,17-22,31,36-39,45-53,56-57,76,90-92H,13-16,23-30,32-35,71-73H2,1-4H3,(H2,74,93)(H2,75,95)(H,77,96)(H,78,100)(H,79,94)(H,80,101)(H,81,105)(H,82,97)(H,83,102)(H,84,98)(H,85,106)(H,86,107)(H,87,104)(H,88,99)(H,89,103)/t36-,37-,38+,39+,45-,46-,47-,48-,49-,50-,51-,52-,53-,56+,57-/m0/s1. The summed E-state index contributed by atoms with van der Waals surface area (Å²) in [7, 11) is 1.63. The molecule has 39 heteroatoms. The van der Waals surface area contributed by atoms with E-state index in [1.807, 2.05) is 0 Å². The van der Waals surface area contributed by atoms with E-state index in [9.17, 15) is 87.2 Å². The van der Waals surface area contributed by atoms with E-state index in [-0.39, 0.29) is 58.0 Å². The van der Waals surface area contributed by atoms with Crippen LogP contribution >= 0.6 is 21.6 Å². The first-order chi connectivity index (χ1) is 51.8. The predicted octanol–water partition coefficient (Wildman–Crippen LogP) is -6.74. The van der Waals surface area contributed by atoms with Crippen LogP contribution in [0.3, 0.4) is 0 Å². The van der Waals surface area contributed by atoms with Crippen molar-refractivity contribution < 1.29 is 87.2 Å². The van der Waals surface area contributed by atoms with Gasteiger partial charge in [0.1, 0.15) is 72.5 Å². The molecule has 1 aliphatic rings. The minimum atomic E-state index is -1.95. The molecule has 2 heterocycles. The van der Waals surface area contributed by atoms with Gasteiger partial charge in [-0.3, -0.25) is 71.9 Å². The van der Waals surface area contributed by atoms with Crippen LogP contribution in [-0.2, 0) is 91.2 Å². The summed E-state index contributed by atoms with van der Waals surface area (Å²) in [4.78, 5) is 214. The minimum absolute atomic E-state index is 0.119. The van der Waals surface area contributed by atoms with E-state index in [1.54, 1.807) is 91.1 Å². The summed E-state index contributed by atoms with van der Waals surface area (Å²) in [6.07, 6.45) is -2.97. The Labute approximate surface area is 636 Å². The lowest BCUT2D eigenvalue weighted by Gasteiger charge is -2.29. The average molecular weight is 1560 g/mol. The first-order valence-electron chi connectivity index (χ1n) is 35.3. The van der Waals surface area contributed by atoms with E-state index in [1.165, 1.54) is 13.8 Å². The van der Waals surface area contributed by atoms with Crippen molar-refractivity contribution in [1.29, 1.82) is 0 Å². The lowest BCUT2D eigenvalue weighted by atomic mass is 10.0. The number of hydrogen-bond acceptors (Lipinski definition) is 23. The zero-order valence-corrected chi connectivity index (χ0v) is 62.4. The van der Waals surface area contributed by atoms with Gasteiger partial charge in [-0.1, -0.05) is 100 Å². The third-order valence-corrected chi connectivity index (χ3v) is 19.6. The monoisotopic (exact) mass is 1560 g/mol. The van der Waals surface area contributed by atoms with Gasteiger partial charge in [0.2, 0.25) is 88.6 Å². The van der Waals surface area contributed by atoms with E-state index in [0.29, 0.717) is 40.4 Å². The van der Waals surface area contributed by atoms with E-state index in [4.69, 9.17) is 28.7 Å². The van der Waals surface area contributed by atoms with Crippen LogP contribution in [0.4, 0.5) is 0 Å². The molecule has 15 amide bonds. The molecule has 37 nitrogen and oxygen atoms in total. The number of amides is 15. The van der Waals surface area contributed by atoms with Crippen LogP contribution in [0.15, 0.2) is 91.1 Å². The zero-order valence-electron chi connectivity index (χ0n) is 60.8. The Morgan fingerprint density at radius 2 is 0.936 bits per heavy atom. The Morgan fingerprint density at radius 3 is 1.46 bits per heavy atom. The summed E-state index contributed by atoms with van der Waals surface area (Å²) in [5.74, 6) is -16.7. The molecule has 596 valence electrons. The number of aromatic amines is 1. The molecule has 109 heavy (non-hydrogen) atoms. The highest BCUT2D eigenvalue weighted by atomic mass is 33.1. The van der Waals surface area contributed by atoms with E-state index < -0.39 is 210 Å². The number of carbonyl (C=O) groups excluding carboxylic acids is 15. The van der Waals surface area contributed by atoms with Gasteiger partial charge in [0.05, 0.1) is 37.8 Å². The van der Waals surface area contributed by atoms with Gasteiger partial charge in [0.15, 0.2) is 0 Å². The maximum Gasteiger partial charge on any atom is 0.245 e. The van der Waals surface area contributed by atoms with Crippen LogP contribution in [0.1, 0.15) is 89.3 Å². The minimum Gasteiger partial charge on any atom is -0.394 e. The number of nitrogens with two attached hydrogens (primary N) is 5. The highest BCUT2D eigenvalue weighted by Crippen LogP contribution is 2.24. The zero-order chi connectivity index (χ0) is 80.4. The molecule has 0 unspecified atom stereocenters. The number of primary amides is 2. The number of H-pyrrole nitrogens is 1. The molecule has 27 N–H and O–H groups in total. The summed E-state index contributed by atoms with van der Waals surface area (Å²) >= 11 is 0. The Kier molecular flexibility index (Phi) is 37.3. The fourth-order valence-electron chi connectivity index (χ4n) is 11.0. The number of aliphatic hydroxyl groups excluding tert-OH is 3. The number of carbonyl (C=O) groups is 15. The third kappa shape index (κ3) is 29.7. The normalized spacial score (nSPS) is 24.4. The molecule has 5 rings (SSSR count). The smallest absolute Gasteiger partial charge is 0.245 e. The van der Waals surface area contributed by atoms with Crippen LogP contribution in [0.5, 0.6) is 0 Å². The van der Waals surface area contributed by atoms with Gasteiger partial charge >= 0.3 is 0 Å². The SMILES string of the molecule is C[C@H](N)C(=O)NCC(=O)N[C@H]1CSSC[C@@H](C(N)=O)NC(=O)[C@H](CO)NC(=O)[C@H]([C@@H](C)O)NC(=O)[C@H](Cc2ccccc2)NC(=O)[C@@H]([C@@H](C)O)NC(=O)[C@H](CCCCN)NC(=O)[C@H](Cc2c[nH]c3ccccc23)NC(=O)[C@H](C)NC(=O)[C@H](Cc2ccccc2)NC(=O)[C@H](CC(N)=O)NC(=O)[C@H](CCCCN)NC1=O. The van der Waals surface area contributed by atoms with Gasteiger partial charge in [-0.25, -0.2) is 0 Å². The number of aromatic nitrogens is 1. The van der Waals surface area contributed by atoms with Crippen molar-refractivity contribution in [2.45, 2.75) is 183 Å². The summed E-state index contributed by atoms with van der Waals surface area (Å²) in [6, 6.07) is 1.91. The van der Waals surface area contributed by atoms with Gasteiger partial charge in [-0.05, 0) is 102 Å². The topological polar surface area (TPSA) is 619 Å². The second-order valence-electron chi connectivity index (χ2n) is 26.1. The molecule has 4 aromatic rings. The average Bonchev–Trinajstić information content (AvgIpc) is 1.76. The number of unbranched alkanes of at least 4 members (excludes halogenated alkanes) is 2. The number of aliphatic hydroxyl groups is 3. The van der Waals surface area contributed by atoms with Crippen molar-refractivity contribution in [3.8, 4) is 0 Å². The first kappa shape index (κ1) is 89.3. The lowest BCUT2D eigenvalue weighted by molar-refractivity contribution is -0.138. The summed E-state index contributed by atoms with van der Waals surface area (Å²) in [5, 5.41) is 65.3. The van der Waals surface area contributed by atoms with Gasteiger partial charge in [0.25, 0.3) is 0 Å². The molecular weight excluding hydrogens is 1460 g/mol. The van der Waals surface area contributed by atoms with E-state index in [2.05, 4.69) is 74.1 Å². The molecule has 1 fully saturated rings. The van der Waals surface area contributed by atoms with Crippen LogP contribution in [0.25, 0.3) is 10.9 Å². The molecule has 1 aliphatic heterocycles. The number of para-hydroxylation sites is 1. The van der Waals surface area contributed by atoms with Crippen LogP contribution in [0.2, 0.25) is 0 Å². The number of rotatable bonds is 24. The molecule has 15 atom stereocenters. The molecule has 0 saturated carbocycles. The lowest BCUT2D eigenvalue weighted by Crippen LogP contribution is -2.63. The third-order valence-electron chi connectivity index (χ3n) is 17.2. The fourth-order valence-corrected chi connectivity index (χ4v) is 13.4. The number of fused-ring (bicyclic) bond motifs is 1. The Morgan fingerprint density at radius 1 is 0.505 bits per heavy atom. The molecule has 0 spiro atoms. The van der Waals surface area contributed by atoms with Crippen LogP contribution in [0, 0.1) is 0 Å². The van der Waals surface area contributed by atoms with Gasteiger partial charge in [-0.15, -0.1) is 0 Å². The maximum atomic E-state index is 14.9. The van der Waals surface area contributed by atoms with E-state index in [0.717, 1.165) is 35.4 Å². The van der Waals surface area contributed by atoms with Gasteiger partial charge in [-0.2, -0.15) is 0 Å². The largest absolute Gasteiger partial charge is 0.394 e. The highest BCUT2D eigenvalue weighted by molar-refractivity contribution is 8.76. The number of benzene rings is 3. The van der Waals surface area contributed by atoms with Gasteiger partial charge in [0, 0.05) is 47.9 Å². The fraction of sp³-hybridized carbons (Fsp3) is 0.500. The molecule has 0 aliphatic carbocycles. The predicted molar refractivity (Wildman–Crippen MR) is 402 cm³/mol. The van der Waals surface area contributed by atoms with Crippen molar-refractivity contribution >= 4 is 121 Å². The second-order valence-corrected chi connectivity index (χ2v) is 28.7. The van der Waals surface area contributed by atoms with Crippen molar-refractivity contribution in [2.75, 3.05) is 37.7 Å². The summed E-state index contributed by atoms with van der Waals surface area (Å²) < 4.78 is 0. The number of hydrogen-bond donors (Lipinski definition) is 22. The van der Waals surface area contributed by atoms with Crippen LogP contribution < -0.4 is 97.8 Å². The number of nitrogens with one attached hydrogen (secondary N) is 14. The van der Waals surface area contributed by atoms with Gasteiger partial charge < -0.3 is 118 Å².